The van der Waals surface area contributed by atoms with Gasteiger partial charge in [0.1, 0.15) is 0 Å². The van der Waals surface area contributed by atoms with Crippen LogP contribution in [0.15, 0.2) is 158 Å². The summed E-state index contributed by atoms with van der Waals surface area (Å²) in [5.41, 5.74) is 18.5. The van der Waals surface area contributed by atoms with Gasteiger partial charge in [0.05, 0.1) is 11.0 Å². The van der Waals surface area contributed by atoms with Crippen molar-refractivity contribution in [1.82, 2.24) is 4.57 Å². The molecule has 2 aliphatic carbocycles. The zero-order chi connectivity index (χ0) is 31.3. The third-order valence-corrected chi connectivity index (χ3v) is 10.9. The van der Waals surface area contributed by atoms with Gasteiger partial charge in [0, 0.05) is 27.8 Å². The molecule has 1 aromatic heterocycles. The molecule has 8 aromatic rings. The van der Waals surface area contributed by atoms with Gasteiger partial charge in [-0.1, -0.05) is 129 Å². The first kappa shape index (κ1) is 26.5. The summed E-state index contributed by atoms with van der Waals surface area (Å²) in [4.78, 5) is 0. The average Bonchev–Trinajstić information content (AvgIpc) is 3.71. The lowest BCUT2D eigenvalue weighted by Crippen LogP contribution is -2.14. The zero-order valence-corrected chi connectivity index (χ0v) is 26.5. The smallest absolute Gasteiger partial charge is 0.0544 e. The van der Waals surface area contributed by atoms with Crippen molar-refractivity contribution in [3.05, 3.63) is 186 Å². The number of nitrogens with zero attached hydrogens (tertiary/aromatic N) is 1. The van der Waals surface area contributed by atoms with Crippen molar-refractivity contribution in [3.8, 4) is 39.1 Å². The Balaban J connectivity index is 1.20. The Bertz CT molecular complexity index is 2530. The van der Waals surface area contributed by atoms with Crippen LogP contribution >= 0.6 is 0 Å². The molecule has 7 aromatic carbocycles. The number of fused-ring (bicyclic) bond motifs is 9. The quantitative estimate of drug-likeness (QED) is 0.190. The Labute approximate surface area is 275 Å². The third-order valence-electron chi connectivity index (χ3n) is 10.9. The molecule has 0 saturated heterocycles. The van der Waals surface area contributed by atoms with Crippen LogP contribution in [0.25, 0.3) is 60.9 Å². The van der Waals surface area contributed by atoms with Crippen LogP contribution in [0.4, 0.5) is 0 Å². The van der Waals surface area contributed by atoms with Crippen molar-refractivity contribution in [2.75, 3.05) is 0 Å². The number of rotatable bonds is 3. The summed E-state index contributed by atoms with van der Waals surface area (Å²) >= 11 is 0. The summed E-state index contributed by atoms with van der Waals surface area (Å²) in [7, 11) is 0. The Morgan fingerprint density at radius 2 is 1.09 bits per heavy atom. The van der Waals surface area contributed by atoms with Crippen LogP contribution in [0, 0.1) is 0 Å². The normalized spacial score (nSPS) is 15.4. The van der Waals surface area contributed by atoms with Gasteiger partial charge in [0.15, 0.2) is 0 Å². The first-order valence-corrected chi connectivity index (χ1v) is 16.6. The largest absolute Gasteiger partial charge is 0.309 e. The summed E-state index contributed by atoms with van der Waals surface area (Å²) in [6.07, 6.45) is 0. The van der Waals surface area contributed by atoms with E-state index in [4.69, 9.17) is 0 Å². The van der Waals surface area contributed by atoms with Crippen LogP contribution in [-0.4, -0.2) is 4.57 Å². The predicted molar refractivity (Wildman–Crippen MR) is 197 cm³/mol. The van der Waals surface area contributed by atoms with E-state index in [-0.39, 0.29) is 11.3 Å². The van der Waals surface area contributed by atoms with Crippen LogP contribution in [0.2, 0.25) is 0 Å². The molecule has 2 aliphatic rings. The fraction of sp³-hybridized carbons (Fsp3) is 0.0870. The molecule has 0 saturated carbocycles. The summed E-state index contributed by atoms with van der Waals surface area (Å²) in [5, 5.41) is 2.59. The fourth-order valence-corrected chi connectivity index (χ4v) is 8.64. The number of hydrogen-bond acceptors (Lipinski definition) is 0. The molecule has 0 amide bonds. The van der Waals surface area contributed by atoms with Gasteiger partial charge in [0.2, 0.25) is 0 Å². The van der Waals surface area contributed by atoms with E-state index in [1.54, 1.807) is 0 Å². The van der Waals surface area contributed by atoms with Crippen molar-refractivity contribution in [2.24, 2.45) is 0 Å². The standard InChI is InChI=1S/C46H33N/c1-46(2)41-20-12-11-18-34(41)38-27-40-39-26-31(22-24-43(39)47(44(40)28-42(38)46)32-15-7-4-8-16-32)30-21-23-36-37(25-30)33-17-9-10-19-35(33)45(36)29-13-5-3-6-14-29/h3-28,45H,1-2H3. The Morgan fingerprint density at radius 3 is 1.91 bits per heavy atom. The number of hydrogen-bond donors (Lipinski definition) is 0. The summed E-state index contributed by atoms with van der Waals surface area (Å²) in [6, 6.07) is 58.7. The van der Waals surface area contributed by atoms with Crippen molar-refractivity contribution in [1.29, 1.82) is 0 Å². The maximum Gasteiger partial charge on any atom is 0.0544 e. The minimum atomic E-state index is -0.0540. The second-order valence-corrected chi connectivity index (χ2v) is 13.7. The second kappa shape index (κ2) is 9.67. The van der Waals surface area contributed by atoms with Crippen molar-refractivity contribution < 1.29 is 0 Å². The molecule has 1 heterocycles. The molecule has 0 bridgehead atoms. The molecule has 222 valence electrons. The van der Waals surface area contributed by atoms with E-state index in [1.807, 2.05) is 0 Å². The molecule has 0 aliphatic heterocycles. The molecule has 0 spiro atoms. The van der Waals surface area contributed by atoms with Gasteiger partial charge in [-0.15, -0.1) is 0 Å². The molecule has 0 fully saturated rings. The van der Waals surface area contributed by atoms with Crippen LogP contribution in [0.5, 0.6) is 0 Å². The highest BCUT2D eigenvalue weighted by molar-refractivity contribution is 6.12. The number of benzene rings is 7. The maximum absolute atomic E-state index is 2.47. The van der Waals surface area contributed by atoms with E-state index < -0.39 is 0 Å². The van der Waals surface area contributed by atoms with Gasteiger partial charge in [-0.25, -0.2) is 0 Å². The van der Waals surface area contributed by atoms with Crippen LogP contribution < -0.4 is 0 Å². The molecule has 10 rings (SSSR count). The molecule has 0 N–H and O–H groups in total. The van der Waals surface area contributed by atoms with E-state index in [0.717, 1.165) is 0 Å². The highest BCUT2D eigenvalue weighted by atomic mass is 15.0. The van der Waals surface area contributed by atoms with Crippen LogP contribution in [0.3, 0.4) is 0 Å². The third kappa shape index (κ3) is 3.71. The highest BCUT2D eigenvalue weighted by Crippen LogP contribution is 2.52. The Morgan fingerprint density at radius 1 is 0.447 bits per heavy atom. The lowest BCUT2D eigenvalue weighted by molar-refractivity contribution is 0.661. The minimum absolute atomic E-state index is 0.0540. The number of aromatic nitrogens is 1. The van der Waals surface area contributed by atoms with Crippen molar-refractivity contribution in [2.45, 2.75) is 25.2 Å². The molecule has 1 heteroatoms. The summed E-state index contributed by atoms with van der Waals surface area (Å²) in [6.45, 7) is 4.73. The predicted octanol–water partition coefficient (Wildman–Crippen LogP) is 11.9. The van der Waals surface area contributed by atoms with Gasteiger partial charge in [0.25, 0.3) is 0 Å². The molecule has 47 heavy (non-hydrogen) atoms. The lowest BCUT2D eigenvalue weighted by atomic mass is 9.82. The zero-order valence-electron chi connectivity index (χ0n) is 26.5. The molecule has 1 unspecified atom stereocenters. The maximum atomic E-state index is 2.47. The van der Waals surface area contributed by atoms with Crippen molar-refractivity contribution in [3.63, 3.8) is 0 Å². The molecule has 1 atom stereocenters. The van der Waals surface area contributed by atoms with Gasteiger partial charge in [-0.05, 0) is 104 Å². The van der Waals surface area contributed by atoms with Crippen molar-refractivity contribution >= 4 is 21.8 Å². The number of para-hydroxylation sites is 1. The SMILES string of the molecule is CC1(C)c2ccccc2-c2cc3c4cc(-c5ccc6c(c5)-c5ccccc5C6c5ccccc5)ccc4n(-c4ccccc4)c3cc21. The van der Waals surface area contributed by atoms with E-state index in [0.29, 0.717) is 0 Å². The van der Waals surface area contributed by atoms with Crippen LogP contribution in [-0.2, 0) is 5.41 Å². The van der Waals surface area contributed by atoms with E-state index in [9.17, 15) is 0 Å². The summed E-state index contributed by atoms with van der Waals surface area (Å²) < 4.78 is 2.46. The average molecular weight is 600 g/mol. The van der Waals surface area contributed by atoms with E-state index in [1.165, 1.54) is 88.7 Å². The topological polar surface area (TPSA) is 4.93 Å². The van der Waals surface area contributed by atoms with E-state index in [2.05, 4.69) is 176 Å². The highest BCUT2D eigenvalue weighted by Gasteiger charge is 2.36. The van der Waals surface area contributed by atoms with Gasteiger partial charge >= 0.3 is 0 Å². The summed E-state index contributed by atoms with van der Waals surface area (Å²) in [5.74, 6) is 0.261. The first-order valence-electron chi connectivity index (χ1n) is 16.6. The van der Waals surface area contributed by atoms with E-state index >= 15 is 0 Å². The van der Waals surface area contributed by atoms with Gasteiger partial charge in [-0.2, -0.15) is 0 Å². The first-order chi connectivity index (χ1) is 23.1. The van der Waals surface area contributed by atoms with Gasteiger partial charge < -0.3 is 4.57 Å². The molecular formula is C46H33N. The molecular weight excluding hydrogens is 567 g/mol. The Kier molecular flexibility index (Phi) is 5.46. The monoisotopic (exact) mass is 599 g/mol. The second-order valence-electron chi connectivity index (χ2n) is 13.7. The van der Waals surface area contributed by atoms with Crippen LogP contribution in [0.1, 0.15) is 47.6 Å². The molecule has 1 nitrogen and oxygen atoms in total. The van der Waals surface area contributed by atoms with Gasteiger partial charge in [-0.3, -0.25) is 0 Å². The fourth-order valence-electron chi connectivity index (χ4n) is 8.64. The Hall–Kier alpha value is -5.66. The minimum Gasteiger partial charge on any atom is -0.309 e. The lowest BCUT2D eigenvalue weighted by Gasteiger charge is -2.21. The molecule has 0 radical (unpaired) electrons.